The van der Waals surface area contributed by atoms with Crippen LogP contribution in [-0.4, -0.2) is 78.3 Å². The monoisotopic (exact) mass is 550 g/mol. The fourth-order valence-corrected chi connectivity index (χ4v) is 6.97. The lowest BCUT2D eigenvalue weighted by Crippen LogP contribution is -2.70. The first-order valence-electron chi connectivity index (χ1n) is 10.7. The van der Waals surface area contributed by atoms with Gasteiger partial charge in [-0.05, 0) is 37.1 Å². The van der Waals surface area contributed by atoms with Crippen LogP contribution in [-0.2, 0) is 25.5 Å². The van der Waals surface area contributed by atoms with Gasteiger partial charge in [-0.1, -0.05) is 35.2 Å². The number of carboxylic acids is 1. The van der Waals surface area contributed by atoms with Crippen molar-refractivity contribution in [1.82, 2.24) is 20.4 Å². The lowest BCUT2D eigenvalue weighted by Gasteiger charge is -2.49. The van der Waals surface area contributed by atoms with Crippen molar-refractivity contribution < 1.29 is 34.1 Å². The Labute approximate surface area is 218 Å². The number of aliphatic hydroxyl groups is 1. The van der Waals surface area contributed by atoms with Crippen LogP contribution in [0.2, 0.25) is 0 Å². The highest BCUT2D eigenvalue weighted by Crippen LogP contribution is 2.41. The van der Waals surface area contributed by atoms with Gasteiger partial charge in [0.1, 0.15) is 22.1 Å². The molecule has 2 amide bonds. The fourth-order valence-electron chi connectivity index (χ4n) is 3.67. The van der Waals surface area contributed by atoms with E-state index in [2.05, 4.69) is 15.5 Å². The lowest BCUT2D eigenvalue weighted by molar-refractivity contribution is -0.150. The Balaban J connectivity index is 1.36. The molecule has 14 heteroatoms. The molecule has 0 bridgehead atoms. The van der Waals surface area contributed by atoms with Crippen LogP contribution in [0.4, 0.5) is 0 Å². The molecule has 2 aliphatic rings. The number of aliphatic carboxylic acids is 1. The summed E-state index contributed by atoms with van der Waals surface area (Å²) in [6.45, 7) is 3.16. The zero-order valence-corrected chi connectivity index (χ0v) is 21.6. The van der Waals surface area contributed by atoms with Gasteiger partial charge in [0.15, 0.2) is 10.6 Å². The molecule has 3 N–H and O–H groups in total. The van der Waals surface area contributed by atoms with Gasteiger partial charge in [-0.25, -0.2) is 9.59 Å². The van der Waals surface area contributed by atoms with E-state index in [0.29, 0.717) is 22.6 Å². The zero-order valence-electron chi connectivity index (χ0n) is 19.2. The maximum atomic E-state index is 12.8. The van der Waals surface area contributed by atoms with Crippen molar-refractivity contribution in [3.63, 3.8) is 0 Å². The fraction of sp³-hybridized carbons (Fsp3) is 0.364. The molecule has 0 radical (unpaired) electrons. The van der Waals surface area contributed by atoms with Crippen LogP contribution in [0.15, 0.2) is 39.9 Å². The number of thioether (sulfide) groups is 2. The molecule has 36 heavy (non-hydrogen) atoms. The van der Waals surface area contributed by atoms with Gasteiger partial charge in [0.05, 0.1) is 12.0 Å². The quantitative estimate of drug-likeness (QED) is 0.179. The summed E-state index contributed by atoms with van der Waals surface area (Å²) in [6, 6.07) is 5.30. The highest BCUT2D eigenvalue weighted by atomic mass is 32.2. The van der Waals surface area contributed by atoms with Crippen LogP contribution >= 0.6 is 34.9 Å². The molecule has 190 valence electrons. The highest BCUT2D eigenvalue weighted by Gasteiger charge is 2.54. The third-order valence-corrected chi connectivity index (χ3v) is 8.67. The van der Waals surface area contributed by atoms with Gasteiger partial charge in [-0.3, -0.25) is 14.5 Å². The van der Waals surface area contributed by atoms with Crippen LogP contribution in [0.1, 0.15) is 27.9 Å². The summed E-state index contributed by atoms with van der Waals surface area (Å²) in [5.41, 5.74) is 1.42. The minimum absolute atomic E-state index is 0.0301. The molecule has 3 heterocycles. The van der Waals surface area contributed by atoms with E-state index in [4.69, 9.17) is 9.84 Å². The molecule has 1 aromatic heterocycles. The van der Waals surface area contributed by atoms with Crippen molar-refractivity contribution in [2.75, 3.05) is 11.5 Å². The number of nitrogens with one attached hydrogen (secondary N) is 1. The van der Waals surface area contributed by atoms with Crippen LogP contribution in [0, 0.1) is 6.92 Å². The molecule has 11 nitrogen and oxygen atoms in total. The Kier molecular flexibility index (Phi) is 7.97. The van der Waals surface area contributed by atoms with Crippen molar-refractivity contribution in [2.45, 2.75) is 42.3 Å². The van der Waals surface area contributed by atoms with E-state index < -0.39 is 41.5 Å². The van der Waals surface area contributed by atoms with Crippen LogP contribution in [0.5, 0.6) is 0 Å². The van der Waals surface area contributed by atoms with Gasteiger partial charge in [0.2, 0.25) is 5.91 Å². The number of ether oxygens (including phenoxy) is 1. The second kappa shape index (κ2) is 11.0. The number of benzene rings is 1. The first-order chi connectivity index (χ1) is 17.1. The molecule has 3 atom stereocenters. The smallest absolute Gasteiger partial charge is 0.352 e. The second-order valence-corrected chi connectivity index (χ2v) is 11.5. The average Bonchev–Trinajstić information content (AvgIpc) is 3.25. The van der Waals surface area contributed by atoms with Gasteiger partial charge >= 0.3 is 11.9 Å². The van der Waals surface area contributed by atoms with E-state index in [1.165, 1.54) is 58.8 Å². The number of fused-ring (bicyclic) bond motifs is 1. The summed E-state index contributed by atoms with van der Waals surface area (Å²) in [4.78, 5) is 50.4. The number of rotatable bonds is 9. The van der Waals surface area contributed by atoms with Crippen molar-refractivity contribution >= 4 is 58.6 Å². The normalized spacial score (nSPS) is 19.9. The van der Waals surface area contributed by atoms with Crippen LogP contribution in [0.25, 0.3) is 0 Å². The zero-order chi connectivity index (χ0) is 26.0. The molecule has 1 aromatic carbocycles. The molecule has 1 fully saturated rings. The molecule has 0 spiro atoms. The maximum Gasteiger partial charge on any atom is 0.352 e. The van der Waals surface area contributed by atoms with Crippen molar-refractivity contribution in [1.29, 1.82) is 0 Å². The van der Waals surface area contributed by atoms with E-state index >= 15 is 0 Å². The Morgan fingerprint density at radius 2 is 2.00 bits per heavy atom. The van der Waals surface area contributed by atoms with Gasteiger partial charge in [0.25, 0.3) is 5.91 Å². The van der Waals surface area contributed by atoms with Crippen LogP contribution < -0.4 is 5.32 Å². The van der Waals surface area contributed by atoms with Crippen molar-refractivity contribution in [3.05, 3.63) is 51.7 Å². The van der Waals surface area contributed by atoms with Gasteiger partial charge < -0.3 is 20.3 Å². The van der Waals surface area contributed by atoms with Crippen molar-refractivity contribution in [3.8, 4) is 0 Å². The first-order valence-corrected chi connectivity index (χ1v) is 13.6. The second-order valence-electron chi connectivity index (χ2n) is 7.97. The number of β-lactam (4-membered cyclic amide) rings is 1. The van der Waals surface area contributed by atoms with E-state index in [1.54, 1.807) is 12.1 Å². The summed E-state index contributed by atoms with van der Waals surface area (Å²) >= 11 is 4.20. The van der Waals surface area contributed by atoms with Gasteiger partial charge in [-0.2, -0.15) is 0 Å². The summed E-state index contributed by atoms with van der Waals surface area (Å²) in [7, 11) is 0. The number of hydrogen-bond donors (Lipinski definition) is 3. The third-order valence-electron chi connectivity index (χ3n) is 5.28. The SMILES string of the molecule is Cc1nnc(SCC2=C(C(=O)O)N3C(=O)C(NC(=O)Cc4ccc(C(=O)OC(C)O)cc4)[C@@H]3SC2)s1. The first kappa shape index (κ1) is 26.1. The largest absolute Gasteiger partial charge is 0.477 e. The summed E-state index contributed by atoms with van der Waals surface area (Å²) < 4.78 is 5.43. The maximum absolute atomic E-state index is 12.8. The Morgan fingerprint density at radius 3 is 2.61 bits per heavy atom. The highest BCUT2D eigenvalue weighted by molar-refractivity contribution is 8.01. The average molecular weight is 551 g/mol. The minimum Gasteiger partial charge on any atom is -0.477 e. The third kappa shape index (κ3) is 5.72. The van der Waals surface area contributed by atoms with E-state index in [-0.39, 0.29) is 17.7 Å². The number of esters is 1. The minimum atomic E-state index is -1.23. The number of aryl methyl sites for hydroxylation is 1. The lowest BCUT2D eigenvalue weighted by atomic mass is 10.0. The Hall–Kier alpha value is -2.94. The molecule has 0 saturated carbocycles. The summed E-state index contributed by atoms with van der Waals surface area (Å²) in [5.74, 6) is -1.95. The van der Waals surface area contributed by atoms with E-state index in [9.17, 15) is 24.3 Å². The van der Waals surface area contributed by atoms with Crippen LogP contribution in [0.3, 0.4) is 0 Å². The van der Waals surface area contributed by atoms with Gasteiger partial charge in [0, 0.05) is 11.5 Å². The number of aliphatic hydroxyl groups excluding tert-OH is 1. The molecule has 0 aliphatic carbocycles. The molecule has 2 unspecified atom stereocenters. The molecular weight excluding hydrogens is 528 g/mol. The molecule has 2 aliphatic heterocycles. The molecule has 4 rings (SSSR count). The number of carbonyl (C=O) groups is 4. The van der Waals surface area contributed by atoms with Crippen molar-refractivity contribution in [2.24, 2.45) is 0 Å². The number of amides is 2. The summed E-state index contributed by atoms with van der Waals surface area (Å²) in [6.07, 6.45) is -1.26. The Morgan fingerprint density at radius 1 is 1.28 bits per heavy atom. The molecular formula is C22H22N4O7S3. The molecule has 1 saturated heterocycles. The number of nitrogens with zero attached hydrogens (tertiary/aromatic N) is 3. The predicted molar refractivity (Wildman–Crippen MR) is 132 cm³/mol. The van der Waals surface area contributed by atoms with Gasteiger partial charge in [-0.15, -0.1) is 22.0 Å². The standard InChI is InChI=1S/C22H22N4O7S3/c1-10-24-25-22(36-10)35-9-14-8-34-19-16(18(29)26(19)17(14)20(30)31)23-15(28)7-12-3-5-13(6-4-12)21(32)33-11(2)27/h3-6,11,16,19,27H,7-9H2,1-2H3,(H,23,28)(H,30,31)/t11?,16?,19-/m0/s1. The summed E-state index contributed by atoms with van der Waals surface area (Å²) in [5, 5.41) is 29.9. The topological polar surface area (TPSA) is 159 Å². The Bertz CT molecular complexity index is 1230. The number of hydrogen-bond acceptors (Lipinski definition) is 11. The number of carboxylic acid groups (broad SMARTS) is 1. The molecule has 2 aromatic rings. The van der Waals surface area contributed by atoms with E-state index in [1.807, 2.05) is 6.92 Å². The van der Waals surface area contributed by atoms with E-state index in [0.717, 1.165) is 9.35 Å². The predicted octanol–water partition coefficient (Wildman–Crippen LogP) is 1.42. The number of carbonyl (C=O) groups excluding carboxylic acids is 3. The number of aromatic nitrogens is 2.